The summed E-state index contributed by atoms with van der Waals surface area (Å²) in [6.45, 7) is 2.54. The van der Waals surface area contributed by atoms with Crippen molar-refractivity contribution in [2.75, 3.05) is 19.6 Å². The molecule has 5 fully saturated rings. The van der Waals surface area contributed by atoms with Gasteiger partial charge in [-0.2, -0.15) is 0 Å². The number of amides is 1. The molecule has 0 radical (unpaired) electrons. The first-order valence-electron chi connectivity index (χ1n) is 9.26. The van der Waals surface area contributed by atoms with Crippen molar-refractivity contribution < 1.29 is 13.6 Å². The van der Waals surface area contributed by atoms with E-state index in [1.165, 1.54) is 12.1 Å². The Morgan fingerprint density at radius 2 is 1.72 bits per heavy atom. The molecule has 4 saturated heterocycles. The molecule has 25 heavy (non-hydrogen) atoms. The van der Waals surface area contributed by atoms with Gasteiger partial charge in [-0.05, 0) is 62.4 Å². The molecule has 0 unspecified atom stereocenters. The number of nitrogens with two attached hydrogens (primary N) is 1. The van der Waals surface area contributed by atoms with E-state index in [-0.39, 0.29) is 23.9 Å². The summed E-state index contributed by atoms with van der Waals surface area (Å²) in [7, 11) is 0. The van der Waals surface area contributed by atoms with E-state index < -0.39 is 17.2 Å². The van der Waals surface area contributed by atoms with E-state index in [2.05, 4.69) is 4.90 Å². The SMILES string of the molecule is NC1(C(=O)N2C[C@H](c3cc(F)cc(F)c3)[C@H]3[C@@H]2C2CCN3CC2)CC1. The van der Waals surface area contributed by atoms with Crippen molar-refractivity contribution in [1.29, 1.82) is 0 Å². The van der Waals surface area contributed by atoms with Crippen LogP contribution in [0, 0.1) is 17.6 Å². The predicted molar refractivity (Wildman–Crippen MR) is 88.8 cm³/mol. The van der Waals surface area contributed by atoms with Crippen molar-refractivity contribution in [3.05, 3.63) is 35.4 Å². The van der Waals surface area contributed by atoms with Crippen molar-refractivity contribution in [1.82, 2.24) is 9.80 Å². The van der Waals surface area contributed by atoms with Crippen LogP contribution in [0.4, 0.5) is 8.78 Å². The van der Waals surface area contributed by atoms with Gasteiger partial charge in [0.05, 0.1) is 11.6 Å². The van der Waals surface area contributed by atoms with Gasteiger partial charge in [-0.25, -0.2) is 8.78 Å². The van der Waals surface area contributed by atoms with E-state index in [0.717, 1.165) is 44.8 Å². The van der Waals surface area contributed by atoms with Crippen LogP contribution in [0.25, 0.3) is 0 Å². The highest BCUT2D eigenvalue weighted by Gasteiger charge is 2.58. The number of likely N-dealkylation sites (tertiary alicyclic amines) is 1. The van der Waals surface area contributed by atoms with Crippen LogP contribution in [0.3, 0.4) is 0 Å². The summed E-state index contributed by atoms with van der Waals surface area (Å²) < 4.78 is 27.6. The first-order valence-corrected chi connectivity index (χ1v) is 9.26. The summed E-state index contributed by atoms with van der Waals surface area (Å²) in [6, 6.07) is 4.05. The second-order valence-corrected chi connectivity index (χ2v) is 8.28. The quantitative estimate of drug-likeness (QED) is 0.888. The van der Waals surface area contributed by atoms with E-state index in [1.807, 2.05) is 4.90 Å². The summed E-state index contributed by atoms with van der Waals surface area (Å²) in [6.07, 6.45) is 3.67. The average Bonchev–Trinajstić information content (AvgIpc) is 3.21. The van der Waals surface area contributed by atoms with E-state index in [0.29, 0.717) is 18.0 Å². The number of fused-ring (bicyclic) bond motifs is 2. The second kappa shape index (κ2) is 5.24. The maximum absolute atomic E-state index is 13.8. The smallest absolute Gasteiger partial charge is 0.242 e. The maximum atomic E-state index is 13.8. The Labute approximate surface area is 146 Å². The van der Waals surface area contributed by atoms with Crippen LogP contribution in [0.5, 0.6) is 0 Å². The molecular formula is C19H23F2N3O. The molecule has 5 aliphatic rings. The third-order valence-corrected chi connectivity index (χ3v) is 6.78. The van der Waals surface area contributed by atoms with Crippen LogP contribution in [-0.4, -0.2) is 53.0 Å². The normalized spacial score (nSPS) is 37.9. The lowest BCUT2D eigenvalue weighted by Crippen LogP contribution is -2.62. The van der Waals surface area contributed by atoms with Gasteiger partial charge in [0.2, 0.25) is 5.91 Å². The summed E-state index contributed by atoms with van der Waals surface area (Å²) in [5.74, 6) is -0.639. The van der Waals surface area contributed by atoms with Crippen LogP contribution < -0.4 is 5.73 Å². The molecule has 4 aliphatic heterocycles. The predicted octanol–water partition coefficient (Wildman–Crippen LogP) is 1.84. The highest BCUT2D eigenvalue weighted by molar-refractivity contribution is 5.89. The number of nitrogens with zero attached hydrogens (tertiary/aromatic N) is 2. The number of carbonyl (C=O) groups excluding carboxylic acids is 1. The number of halogens is 2. The number of hydrogen-bond donors (Lipinski definition) is 1. The van der Waals surface area contributed by atoms with Gasteiger partial charge in [-0.1, -0.05) is 0 Å². The fourth-order valence-corrected chi connectivity index (χ4v) is 5.37. The highest BCUT2D eigenvalue weighted by atomic mass is 19.1. The highest BCUT2D eigenvalue weighted by Crippen LogP contribution is 2.48. The number of benzene rings is 1. The molecule has 1 amide bonds. The second-order valence-electron chi connectivity index (χ2n) is 8.28. The molecule has 4 heterocycles. The molecule has 2 bridgehead atoms. The minimum atomic E-state index is -0.696. The molecule has 3 atom stereocenters. The number of hydrogen-bond acceptors (Lipinski definition) is 3. The lowest BCUT2D eigenvalue weighted by molar-refractivity contribution is -0.138. The number of carbonyl (C=O) groups is 1. The van der Waals surface area contributed by atoms with Crippen molar-refractivity contribution in [3.63, 3.8) is 0 Å². The summed E-state index contributed by atoms with van der Waals surface area (Å²) in [5.41, 5.74) is 6.17. The van der Waals surface area contributed by atoms with E-state index >= 15 is 0 Å². The monoisotopic (exact) mass is 347 g/mol. The van der Waals surface area contributed by atoms with Gasteiger partial charge in [0, 0.05) is 24.6 Å². The average molecular weight is 347 g/mol. The Kier molecular flexibility index (Phi) is 3.29. The van der Waals surface area contributed by atoms with Gasteiger partial charge in [0.1, 0.15) is 11.6 Å². The zero-order valence-electron chi connectivity index (χ0n) is 14.1. The maximum Gasteiger partial charge on any atom is 0.242 e. The molecule has 1 aromatic rings. The standard InChI is InChI=1S/C19H23F2N3O/c20-13-7-12(8-14(21)9-13)15-10-24(18(25)19(22)3-4-19)16-11-1-5-23(6-2-11)17(15)16/h7-9,11,15-17H,1-6,10,22H2/t15-,16+,17+/m1/s1. The van der Waals surface area contributed by atoms with Crippen molar-refractivity contribution in [2.24, 2.45) is 11.7 Å². The minimum Gasteiger partial charge on any atom is -0.336 e. The number of piperidine rings is 3. The van der Waals surface area contributed by atoms with Gasteiger partial charge < -0.3 is 10.6 Å². The zero-order chi connectivity index (χ0) is 17.3. The lowest BCUT2D eigenvalue weighted by Gasteiger charge is -2.51. The van der Waals surface area contributed by atoms with E-state index in [9.17, 15) is 13.6 Å². The Morgan fingerprint density at radius 1 is 1.08 bits per heavy atom. The van der Waals surface area contributed by atoms with E-state index in [4.69, 9.17) is 5.73 Å². The molecule has 0 aromatic heterocycles. The summed E-state index contributed by atoms with van der Waals surface area (Å²) in [5, 5.41) is 0. The Morgan fingerprint density at radius 3 is 2.32 bits per heavy atom. The third kappa shape index (κ3) is 2.34. The molecule has 1 saturated carbocycles. The fourth-order valence-electron chi connectivity index (χ4n) is 5.37. The minimum absolute atomic E-state index is 0.0376. The first kappa shape index (κ1) is 15.7. The third-order valence-electron chi connectivity index (χ3n) is 6.78. The zero-order valence-corrected chi connectivity index (χ0v) is 14.1. The molecule has 0 spiro atoms. The largest absolute Gasteiger partial charge is 0.336 e. The molecule has 6 heteroatoms. The molecule has 1 aromatic carbocycles. The van der Waals surface area contributed by atoms with Crippen LogP contribution in [0.15, 0.2) is 18.2 Å². The molecular weight excluding hydrogens is 324 g/mol. The summed E-state index contributed by atoms with van der Waals surface area (Å²) in [4.78, 5) is 17.4. The van der Waals surface area contributed by atoms with Gasteiger partial charge in [-0.3, -0.25) is 9.69 Å². The van der Waals surface area contributed by atoms with Crippen molar-refractivity contribution >= 4 is 5.91 Å². The van der Waals surface area contributed by atoms with Gasteiger partial charge in [0.15, 0.2) is 0 Å². The molecule has 2 N–H and O–H groups in total. The fraction of sp³-hybridized carbons (Fsp3) is 0.632. The Bertz CT molecular complexity index is 707. The first-order chi connectivity index (χ1) is 12.0. The van der Waals surface area contributed by atoms with Crippen molar-refractivity contribution in [3.8, 4) is 0 Å². The van der Waals surface area contributed by atoms with Crippen LogP contribution >= 0.6 is 0 Å². The van der Waals surface area contributed by atoms with Gasteiger partial charge in [-0.15, -0.1) is 0 Å². The molecule has 6 rings (SSSR count). The topological polar surface area (TPSA) is 49.6 Å². The lowest BCUT2D eigenvalue weighted by atomic mass is 9.75. The van der Waals surface area contributed by atoms with Crippen LogP contribution in [0.1, 0.15) is 37.2 Å². The molecule has 4 nitrogen and oxygen atoms in total. The van der Waals surface area contributed by atoms with Crippen LogP contribution in [0.2, 0.25) is 0 Å². The van der Waals surface area contributed by atoms with Crippen LogP contribution in [-0.2, 0) is 4.79 Å². The van der Waals surface area contributed by atoms with Gasteiger partial charge >= 0.3 is 0 Å². The summed E-state index contributed by atoms with van der Waals surface area (Å²) >= 11 is 0. The Balaban J connectivity index is 1.54. The van der Waals surface area contributed by atoms with Gasteiger partial charge in [0.25, 0.3) is 0 Å². The van der Waals surface area contributed by atoms with Crippen molar-refractivity contribution in [2.45, 2.75) is 49.2 Å². The van der Waals surface area contributed by atoms with E-state index in [1.54, 1.807) is 0 Å². The Hall–Kier alpha value is -1.53. The number of rotatable bonds is 2. The molecule has 134 valence electrons. The molecule has 1 aliphatic carbocycles.